The summed E-state index contributed by atoms with van der Waals surface area (Å²) in [5.74, 6) is 0.197. The first-order valence-corrected chi connectivity index (χ1v) is 11.4. The van der Waals surface area contributed by atoms with Gasteiger partial charge in [0.15, 0.2) is 11.6 Å². The molecule has 0 fully saturated rings. The molecule has 3 heteroatoms. The molecule has 0 aromatic heterocycles. The van der Waals surface area contributed by atoms with Crippen molar-refractivity contribution in [3.05, 3.63) is 94.1 Å². The second-order valence-corrected chi connectivity index (χ2v) is 10.1. The van der Waals surface area contributed by atoms with Crippen LogP contribution in [-0.2, 0) is 0 Å². The highest BCUT2D eigenvalue weighted by molar-refractivity contribution is 6.40. The molecule has 1 atom stereocenters. The normalized spacial score (nSPS) is 21.7. The fourth-order valence-corrected chi connectivity index (χ4v) is 5.60. The van der Waals surface area contributed by atoms with Crippen molar-refractivity contribution in [2.75, 3.05) is 19.0 Å². The van der Waals surface area contributed by atoms with E-state index in [1.807, 2.05) is 26.2 Å². The van der Waals surface area contributed by atoms with Crippen molar-refractivity contribution >= 4 is 22.8 Å². The molecule has 0 saturated heterocycles. The van der Waals surface area contributed by atoms with Gasteiger partial charge >= 0.3 is 0 Å². The summed E-state index contributed by atoms with van der Waals surface area (Å²) in [4.78, 5) is 28.4. The van der Waals surface area contributed by atoms with Gasteiger partial charge in [0.1, 0.15) is 0 Å². The Hall–Kier alpha value is -3.20. The largest absolute Gasteiger partial charge is 0.378 e. The van der Waals surface area contributed by atoms with Gasteiger partial charge in [-0.2, -0.15) is 0 Å². The highest BCUT2D eigenvalue weighted by Crippen LogP contribution is 2.51. The minimum absolute atomic E-state index is 0.00143. The van der Waals surface area contributed by atoms with E-state index >= 15 is 0 Å². The van der Waals surface area contributed by atoms with Crippen molar-refractivity contribution in [1.29, 1.82) is 0 Å². The third kappa shape index (κ3) is 3.28. The maximum absolute atomic E-state index is 13.1. The molecule has 0 aliphatic heterocycles. The summed E-state index contributed by atoms with van der Waals surface area (Å²) in [6, 6.07) is 15.9. The first-order valence-electron chi connectivity index (χ1n) is 11.4. The minimum Gasteiger partial charge on any atom is -0.378 e. The van der Waals surface area contributed by atoms with Gasteiger partial charge in [0.25, 0.3) is 0 Å². The fraction of sp³-hybridized carbons (Fsp3) is 0.310. The molecule has 2 aromatic rings. The second-order valence-electron chi connectivity index (χ2n) is 10.1. The van der Waals surface area contributed by atoms with Crippen LogP contribution in [-0.4, -0.2) is 25.7 Å². The standard InChI is InChI=1S/C29H29NO2/c1-29(2)17-21(26-27(31)23-7-5-6-8-24(23)28(26)32)16-20-15-19(11-14-25(20)29)18-9-12-22(13-10-18)30(3)4/h5-10,12-13,15-16,25H,11,14,17H2,1-4H3. The van der Waals surface area contributed by atoms with E-state index in [0.29, 0.717) is 22.6 Å². The maximum atomic E-state index is 13.1. The molecule has 0 saturated carbocycles. The molecule has 5 rings (SSSR count). The number of carbonyl (C=O) groups is 2. The van der Waals surface area contributed by atoms with Gasteiger partial charge in [-0.3, -0.25) is 9.59 Å². The molecular weight excluding hydrogens is 394 g/mol. The van der Waals surface area contributed by atoms with Gasteiger partial charge in [0.05, 0.1) is 5.57 Å². The fourth-order valence-electron chi connectivity index (χ4n) is 5.60. The summed E-state index contributed by atoms with van der Waals surface area (Å²) < 4.78 is 0. The van der Waals surface area contributed by atoms with Gasteiger partial charge in [-0.05, 0) is 65.0 Å². The van der Waals surface area contributed by atoms with E-state index < -0.39 is 0 Å². The van der Waals surface area contributed by atoms with E-state index in [-0.39, 0.29) is 17.0 Å². The third-order valence-corrected chi connectivity index (χ3v) is 7.32. The Balaban J connectivity index is 1.58. The van der Waals surface area contributed by atoms with Crippen molar-refractivity contribution in [2.45, 2.75) is 33.1 Å². The zero-order valence-electron chi connectivity index (χ0n) is 19.2. The number of benzene rings is 2. The quantitative estimate of drug-likeness (QED) is 0.421. The van der Waals surface area contributed by atoms with E-state index in [0.717, 1.165) is 24.8 Å². The van der Waals surface area contributed by atoms with E-state index in [1.54, 1.807) is 12.1 Å². The van der Waals surface area contributed by atoms with Gasteiger partial charge in [0, 0.05) is 30.9 Å². The Bertz CT molecular complexity index is 1190. The van der Waals surface area contributed by atoms with Crippen LogP contribution in [0.2, 0.25) is 0 Å². The van der Waals surface area contributed by atoms with Crippen LogP contribution in [0.25, 0.3) is 5.57 Å². The SMILES string of the molecule is CN(C)c1ccc(C2=CC3=CC(=C4C(=O)c5ccccc5C4=O)CC(C)(C)C3CC2)cc1. The molecule has 3 aliphatic rings. The number of carbonyl (C=O) groups excluding carboxylic acids is 2. The molecule has 3 nitrogen and oxygen atoms in total. The summed E-state index contributed by atoms with van der Waals surface area (Å²) >= 11 is 0. The van der Waals surface area contributed by atoms with Crippen LogP contribution >= 0.6 is 0 Å². The van der Waals surface area contributed by atoms with Crippen LogP contribution in [0.3, 0.4) is 0 Å². The van der Waals surface area contributed by atoms with Crippen LogP contribution in [0, 0.1) is 11.3 Å². The van der Waals surface area contributed by atoms with Crippen molar-refractivity contribution in [3.8, 4) is 0 Å². The van der Waals surface area contributed by atoms with Crippen LogP contribution in [0.1, 0.15) is 59.4 Å². The van der Waals surface area contributed by atoms with Gasteiger partial charge in [-0.1, -0.05) is 62.4 Å². The molecular formula is C29H29NO2. The lowest BCUT2D eigenvalue weighted by Crippen LogP contribution is -2.31. The molecule has 0 spiro atoms. The summed E-state index contributed by atoms with van der Waals surface area (Å²) in [6.07, 6.45) is 7.33. The van der Waals surface area contributed by atoms with Crippen LogP contribution in [0.4, 0.5) is 5.69 Å². The van der Waals surface area contributed by atoms with Gasteiger partial charge in [-0.15, -0.1) is 0 Å². The lowest BCUT2D eigenvalue weighted by atomic mass is 9.62. The molecule has 0 radical (unpaired) electrons. The number of ketones is 2. The molecule has 1 unspecified atom stereocenters. The highest BCUT2D eigenvalue weighted by atomic mass is 16.2. The van der Waals surface area contributed by atoms with E-state index in [2.05, 4.69) is 55.2 Å². The Kier molecular flexibility index (Phi) is 4.81. The van der Waals surface area contributed by atoms with Crippen molar-refractivity contribution < 1.29 is 9.59 Å². The predicted octanol–water partition coefficient (Wildman–Crippen LogP) is 6.28. The first-order chi connectivity index (χ1) is 15.3. The Morgan fingerprint density at radius 1 is 0.875 bits per heavy atom. The lowest BCUT2D eigenvalue weighted by Gasteiger charge is -2.42. The van der Waals surface area contributed by atoms with Crippen LogP contribution < -0.4 is 4.90 Å². The number of hydrogen-bond donors (Lipinski definition) is 0. The second kappa shape index (κ2) is 7.44. The van der Waals surface area contributed by atoms with E-state index in [1.165, 1.54) is 22.4 Å². The van der Waals surface area contributed by atoms with Crippen molar-refractivity contribution in [3.63, 3.8) is 0 Å². The molecule has 3 aliphatic carbocycles. The number of allylic oxidation sites excluding steroid dienone is 6. The molecule has 2 aromatic carbocycles. The summed E-state index contributed by atoms with van der Waals surface area (Å²) in [5.41, 5.74) is 7.36. The Morgan fingerprint density at radius 2 is 1.50 bits per heavy atom. The summed E-state index contributed by atoms with van der Waals surface area (Å²) in [7, 11) is 4.10. The van der Waals surface area contributed by atoms with Gasteiger partial charge in [-0.25, -0.2) is 0 Å². The predicted molar refractivity (Wildman–Crippen MR) is 130 cm³/mol. The highest BCUT2D eigenvalue weighted by Gasteiger charge is 2.41. The van der Waals surface area contributed by atoms with Crippen molar-refractivity contribution in [1.82, 2.24) is 0 Å². The molecule has 0 heterocycles. The molecule has 162 valence electrons. The monoisotopic (exact) mass is 423 g/mol. The minimum atomic E-state index is -0.119. The summed E-state index contributed by atoms with van der Waals surface area (Å²) in [5, 5.41) is 0. The molecule has 0 bridgehead atoms. The van der Waals surface area contributed by atoms with E-state index in [9.17, 15) is 9.59 Å². The number of anilines is 1. The number of nitrogens with zero attached hydrogens (tertiary/aromatic N) is 1. The molecule has 0 amide bonds. The summed E-state index contributed by atoms with van der Waals surface area (Å²) in [6.45, 7) is 4.54. The molecule has 0 N–H and O–H groups in total. The zero-order chi connectivity index (χ0) is 22.6. The maximum Gasteiger partial charge on any atom is 0.197 e. The number of hydrogen-bond acceptors (Lipinski definition) is 3. The number of fused-ring (bicyclic) bond motifs is 2. The average Bonchev–Trinajstić information content (AvgIpc) is 3.03. The van der Waals surface area contributed by atoms with Gasteiger partial charge < -0.3 is 4.90 Å². The third-order valence-electron chi connectivity index (χ3n) is 7.32. The average molecular weight is 424 g/mol. The zero-order valence-corrected chi connectivity index (χ0v) is 19.2. The van der Waals surface area contributed by atoms with Crippen molar-refractivity contribution in [2.24, 2.45) is 11.3 Å². The van der Waals surface area contributed by atoms with Crippen LogP contribution in [0.15, 0.2) is 77.4 Å². The Labute approximate surface area is 190 Å². The van der Waals surface area contributed by atoms with E-state index in [4.69, 9.17) is 0 Å². The van der Waals surface area contributed by atoms with Gasteiger partial charge in [0.2, 0.25) is 0 Å². The number of Topliss-reactive ketones (excluding diaryl/α,β-unsaturated/α-hetero) is 2. The van der Waals surface area contributed by atoms with Crippen LogP contribution in [0.5, 0.6) is 0 Å². The first kappa shape index (κ1) is 20.7. The number of rotatable bonds is 2. The molecule has 32 heavy (non-hydrogen) atoms. The Morgan fingerprint density at radius 3 is 2.09 bits per heavy atom. The smallest absolute Gasteiger partial charge is 0.197 e. The lowest BCUT2D eigenvalue weighted by molar-refractivity contribution is 0.0985. The topological polar surface area (TPSA) is 37.4 Å².